The summed E-state index contributed by atoms with van der Waals surface area (Å²) in [4.78, 5) is 14.0. The zero-order chi connectivity index (χ0) is 14.7. The lowest BCUT2D eigenvalue weighted by molar-refractivity contribution is -0.117. The minimum atomic E-state index is -0.155. The number of nitrogens with zero attached hydrogens (tertiary/aromatic N) is 1. The Morgan fingerprint density at radius 1 is 1.55 bits per heavy atom. The first-order chi connectivity index (χ1) is 9.49. The van der Waals surface area contributed by atoms with E-state index in [1.165, 1.54) is 0 Å². The van der Waals surface area contributed by atoms with E-state index in [-0.39, 0.29) is 18.6 Å². The standard InChI is InChI=1S/C13H17Cl2N3O2/c1-20-9-2-3-18(6-9)7-12(19)17-13-10(15)4-8(14)5-11(13)16/h4-5,9H,2-3,6-7,16H2,1H3,(H,17,19). The topological polar surface area (TPSA) is 67.6 Å². The summed E-state index contributed by atoms with van der Waals surface area (Å²) in [7, 11) is 1.68. The molecule has 0 bridgehead atoms. The summed E-state index contributed by atoms with van der Waals surface area (Å²) in [6, 6.07) is 3.10. The Morgan fingerprint density at radius 3 is 2.90 bits per heavy atom. The average Bonchev–Trinajstić information content (AvgIpc) is 2.81. The number of nitrogen functional groups attached to an aromatic ring is 1. The third-order valence-corrected chi connectivity index (χ3v) is 3.80. The zero-order valence-corrected chi connectivity index (χ0v) is 12.7. The molecule has 110 valence electrons. The fourth-order valence-corrected chi connectivity index (χ4v) is 2.80. The summed E-state index contributed by atoms with van der Waals surface area (Å²) in [6.07, 6.45) is 1.14. The van der Waals surface area contributed by atoms with Crippen LogP contribution in [0.1, 0.15) is 6.42 Å². The number of carbonyl (C=O) groups is 1. The Balaban J connectivity index is 1.95. The molecule has 20 heavy (non-hydrogen) atoms. The van der Waals surface area contributed by atoms with Crippen molar-refractivity contribution in [1.29, 1.82) is 0 Å². The molecule has 1 atom stereocenters. The molecule has 5 nitrogen and oxygen atoms in total. The Hall–Kier alpha value is -1.01. The molecule has 0 saturated carbocycles. The summed E-state index contributed by atoms with van der Waals surface area (Å²) >= 11 is 11.9. The van der Waals surface area contributed by atoms with E-state index < -0.39 is 0 Å². The van der Waals surface area contributed by atoms with Gasteiger partial charge in [-0.05, 0) is 18.6 Å². The molecule has 1 heterocycles. The summed E-state index contributed by atoms with van der Waals surface area (Å²) in [5.74, 6) is -0.155. The van der Waals surface area contributed by atoms with Crippen molar-refractivity contribution in [2.75, 3.05) is 37.8 Å². The Labute approximate surface area is 128 Å². The molecule has 0 radical (unpaired) electrons. The van der Waals surface area contributed by atoms with E-state index in [0.717, 1.165) is 19.5 Å². The molecule has 1 amide bonds. The van der Waals surface area contributed by atoms with E-state index in [9.17, 15) is 4.79 Å². The van der Waals surface area contributed by atoms with Crippen LogP contribution < -0.4 is 11.1 Å². The van der Waals surface area contributed by atoms with E-state index in [0.29, 0.717) is 21.4 Å². The van der Waals surface area contributed by atoms with Gasteiger partial charge in [-0.1, -0.05) is 23.2 Å². The van der Waals surface area contributed by atoms with Gasteiger partial charge >= 0.3 is 0 Å². The number of benzene rings is 1. The first kappa shape index (κ1) is 15.4. The molecule has 3 N–H and O–H groups in total. The van der Waals surface area contributed by atoms with Crippen molar-refractivity contribution in [3.63, 3.8) is 0 Å². The maximum Gasteiger partial charge on any atom is 0.238 e. The third-order valence-electron chi connectivity index (χ3n) is 3.28. The number of amides is 1. The van der Waals surface area contributed by atoms with Gasteiger partial charge in [-0.2, -0.15) is 0 Å². The first-order valence-corrected chi connectivity index (χ1v) is 7.04. The highest BCUT2D eigenvalue weighted by Gasteiger charge is 2.24. The zero-order valence-electron chi connectivity index (χ0n) is 11.2. The number of hydrogen-bond donors (Lipinski definition) is 2. The molecule has 1 aromatic carbocycles. The van der Waals surface area contributed by atoms with E-state index in [1.54, 1.807) is 19.2 Å². The highest BCUT2D eigenvalue weighted by Crippen LogP contribution is 2.32. The van der Waals surface area contributed by atoms with Gasteiger partial charge in [-0.3, -0.25) is 9.69 Å². The number of nitrogens with two attached hydrogens (primary N) is 1. The molecule has 2 rings (SSSR count). The van der Waals surface area contributed by atoms with Gasteiger partial charge in [0.2, 0.25) is 5.91 Å². The highest BCUT2D eigenvalue weighted by molar-refractivity contribution is 6.37. The number of rotatable bonds is 4. The minimum absolute atomic E-state index is 0.155. The largest absolute Gasteiger partial charge is 0.397 e. The molecule has 1 fully saturated rings. The molecular weight excluding hydrogens is 301 g/mol. The second kappa shape index (κ2) is 6.63. The number of likely N-dealkylation sites (tertiary alicyclic amines) is 1. The van der Waals surface area contributed by atoms with Crippen LogP contribution in [0.3, 0.4) is 0 Å². The number of methoxy groups -OCH3 is 1. The summed E-state index contributed by atoms with van der Waals surface area (Å²) < 4.78 is 5.26. The van der Waals surface area contributed by atoms with Crippen molar-refractivity contribution < 1.29 is 9.53 Å². The second-order valence-corrected chi connectivity index (χ2v) is 5.63. The molecule has 1 saturated heterocycles. The number of hydrogen-bond acceptors (Lipinski definition) is 4. The maximum atomic E-state index is 12.0. The van der Waals surface area contributed by atoms with Crippen molar-refractivity contribution in [2.24, 2.45) is 0 Å². The average molecular weight is 318 g/mol. The van der Waals surface area contributed by atoms with Gasteiger partial charge in [0.1, 0.15) is 0 Å². The number of nitrogens with one attached hydrogen (secondary N) is 1. The van der Waals surface area contributed by atoms with Crippen LogP contribution in [0.25, 0.3) is 0 Å². The van der Waals surface area contributed by atoms with Gasteiger partial charge in [-0.15, -0.1) is 0 Å². The van der Waals surface area contributed by atoms with Crippen LogP contribution in [-0.4, -0.2) is 43.7 Å². The van der Waals surface area contributed by atoms with Gasteiger partial charge in [0.25, 0.3) is 0 Å². The number of halogens is 2. The molecule has 0 aromatic heterocycles. The quantitative estimate of drug-likeness (QED) is 0.836. The van der Waals surface area contributed by atoms with Crippen molar-refractivity contribution in [1.82, 2.24) is 4.90 Å². The van der Waals surface area contributed by atoms with E-state index in [1.807, 2.05) is 4.90 Å². The predicted octanol–water partition coefficient (Wildman–Crippen LogP) is 2.23. The van der Waals surface area contributed by atoms with Gasteiger partial charge in [-0.25, -0.2) is 0 Å². The van der Waals surface area contributed by atoms with E-state index in [2.05, 4.69) is 5.32 Å². The van der Waals surface area contributed by atoms with Crippen LogP contribution in [0, 0.1) is 0 Å². The minimum Gasteiger partial charge on any atom is -0.397 e. The molecule has 0 aliphatic carbocycles. The number of ether oxygens (including phenoxy) is 1. The Bertz CT molecular complexity index is 487. The number of carbonyl (C=O) groups excluding carboxylic acids is 1. The van der Waals surface area contributed by atoms with Crippen molar-refractivity contribution in [3.8, 4) is 0 Å². The number of anilines is 2. The normalized spacial score (nSPS) is 19.2. The van der Waals surface area contributed by atoms with Crippen LogP contribution in [0.4, 0.5) is 11.4 Å². The summed E-state index contributed by atoms with van der Waals surface area (Å²) in [5, 5.41) is 3.50. The van der Waals surface area contributed by atoms with Crippen LogP contribution in [0.15, 0.2) is 12.1 Å². The summed E-state index contributed by atoms with van der Waals surface area (Å²) in [6.45, 7) is 1.89. The van der Waals surface area contributed by atoms with E-state index >= 15 is 0 Å². The highest BCUT2D eigenvalue weighted by atomic mass is 35.5. The smallest absolute Gasteiger partial charge is 0.238 e. The van der Waals surface area contributed by atoms with Crippen molar-refractivity contribution in [3.05, 3.63) is 22.2 Å². The molecular formula is C13H17Cl2N3O2. The van der Waals surface area contributed by atoms with Crippen LogP contribution >= 0.6 is 23.2 Å². The van der Waals surface area contributed by atoms with E-state index in [4.69, 9.17) is 33.7 Å². The molecule has 1 aliphatic heterocycles. The third kappa shape index (κ3) is 3.76. The predicted molar refractivity (Wildman–Crippen MR) is 81.4 cm³/mol. The van der Waals surface area contributed by atoms with Gasteiger partial charge in [0.05, 0.1) is 29.0 Å². The van der Waals surface area contributed by atoms with Crippen molar-refractivity contribution in [2.45, 2.75) is 12.5 Å². The monoisotopic (exact) mass is 317 g/mol. The molecule has 0 spiro atoms. The lowest BCUT2D eigenvalue weighted by atomic mass is 10.2. The van der Waals surface area contributed by atoms with Crippen LogP contribution in [-0.2, 0) is 9.53 Å². The Morgan fingerprint density at radius 2 is 2.30 bits per heavy atom. The fourth-order valence-electron chi connectivity index (χ4n) is 2.24. The van der Waals surface area contributed by atoms with Crippen LogP contribution in [0.5, 0.6) is 0 Å². The van der Waals surface area contributed by atoms with Crippen LogP contribution in [0.2, 0.25) is 10.0 Å². The van der Waals surface area contributed by atoms with Crippen molar-refractivity contribution >= 4 is 40.5 Å². The van der Waals surface area contributed by atoms with Gasteiger partial charge in [0.15, 0.2) is 0 Å². The fraction of sp³-hybridized carbons (Fsp3) is 0.462. The van der Waals surface area contributed by atoms with Gasteiger partial charge < -0.3 is 15.8 Å². The molecule has 1 aromatic rings. The summed E-state index contributed by atoms with van der Waals surface area (Å²) in [5.41, 5.74) is 6.56. The SMILES string of the molecule is COC1CCN(CC(=O)Nc2c(N)cc(Cl)cc2Cl)C1. The van der Waals surface area contributed by atoms with Gasteiger partial charge in [0, 0.05) is 25.2 Å². The molecule has 7 heteroatoms. The molecule has 1 unspecified atom stereocenters. The lowest BCUT2D eigenvalue weighted by Crippen LogP contribution is -2.32. The molecule has 1 aliphatic rings. The lowest BCUT2D eigenvalue weighted by Gasteiger charge is -2.16. The Kier molecular flexibility index (Phi) is 5.10. The second-order valence-electron chi connectivity index (χ2n) is 4.78. The first-order valence-electron chi connectivity index (χ1n) is 6.29. The maximum absolute atomic E-state index is 12.0.